The van der Waals surface area contributed by atoms with Gasteiger partial charge in [0.15, 0.2) is 5.82 Å². The first-order valence-electron chi connectivity index (χ1n) is 8.51. The zero-order chi connectivity index (χ0) is 18.9. The van der Waals surface area contributed by atoms with E-state index in [9.17, 15) is 14.7 Å². The van der Waals surface area contributed by atoms with Crippen molar-refractivity contribution in [1.82, 2.24) is 25.9 Å². The van der Waals surface area contributed by atoms with E-state index in [1.807, 2.05) is 6.92 Å². The summed E-state index contributed by atoms with van der Waals surface area (Å²) in [7, 11) is 0. The number of carboxylic acids is 1. The summed E-state index contributed by atoms with van der Waals surface area (Å²) in [6.45, 7) is 2.00. The molecule has 1 aromatic heterocycles. The molecule has 9 nitrogen and oxygen atoms in total. The summed E-state index contributed by atoms with van der Waals surface area (Å²) in [6, 6.07) is 6.91. The SMILES string of the molecule is CCC[C@H](C(=O)O)[C@H](Cc1ccc(C(=O)NCCO)cc1)c1nn[nH]n1. The molecule has 0 radical (unpaired) electrons. The third-order valence-corrected chi connectivity index (χ3v) is 4.17. The molecule has 1 aromatic carbocycles. The topological polar surface area (TPSA) is 141 Å². The zero-order valence-corrected chi connectivity index (χ0v) is 14.6. The number of nitrogens with one attached hydrogen (secondary N) is 2. The second-order valence-corrected chi connectivity index (χ2v) is 5.99. The molecule has 1 amide bonds. The van der Waals surface area contributed by atoms with Crippen LogP contribution < -0.4 is 5.32 Å². The van der Waals surface area contributed by atoms with Crippen LogP contribution in [0, 0.1) is 5.92 Å². The maximum absolute atomic E-state index is 11.9. The average molecular weight is 361 g/mol. The number of carbonyl (C=O) groups excluding carboxylic acids is 1. The number of amides is 1. The highest BCUT2D eigenvalue weighted by molar-refractivity contribution is 5.94. The van der Waals surface area contributed by atoms with Crippen molar-refractivity contribution in [2.24, 2.45) is 5.92 Å². The largest absolute Gasteiger partial charge is 0.481 e. The molecule has 2 rings (SSSR count). The van der Waals surface area contributed by atoms with Gasteiger partial charge < -0.3 is 15.5 Å². The summed E-state index contributed by atoms with van der Waals surface area (Å²) >= 11 is 0. The van der Waals surface area contributed by atoms with E-state index in [1.165, 1.54) is 0 Å². The number of tetrazole rings is 1. The predicted octanol–water partition coefficient (Wildman–Crippen LogP) is 0.749. The quantitative estimate of drug-likeness (QED) is 0.489. The van der Waals surface area contributed by atoms with Crippen molar-refractivity contribution in [2.75, 3.05) is 13.2 Å². The van der Waals surface area contributed by atoms with Gasteiger partial charge in [-0.05, 0) is 30.5 Å². The Bertz CT molecular complexity index is 702. The van der Waals surface area contributed by atoms with Gasteiger partial charge in [0.25, 0.3) is 5.91 Å². The number of aliphatic hydroxyl groups excluding tert-OH is 1. The van der Waals surface area contributed by atoms with Crippen LogP contribution in [0.2, 0.25) is 0 Å². The molecule has 26 heavy (non-hydrogen) atoms. The standard InChI is InChI=1S/C17H23N5O4/c1-2-3-13(17(25)26)14(15-19-21-22-20-15)10-11-4-6-12(7-5-11)16(24)18-8-9-23/h4-7,13-14,23H,2-3,8-10H2,1H3,(H,18,24)(H,25,26)(H,19,20,21,22)/t13-,14-/m0/s1. The second-order valence-electron chi connectivity index (χ2n) is 5.99. The summed E-state index contributed by atoms with van der Waals surface area (Å²) < 4.78 is 0. The number of carboxylic acid groups (broad SMARTS) is 1. The lowest BCUT2D eigenvalue weighted by Gasteiger charge is -2.21. The Kier molecular flexibility index (Phi) is 7.22. The van der Waals surface area contributed by atoms with Gasteiger partial charge in [0, 0.05) is 18.0 Å². The van der Waals surface area contributed by atoms with Crippen LogP contribution in [0.25, 0.3) is 0 Å². The fourth-order valence-electron chi connectivity index (χ4n) is 2.87. The van der Waals surface area contributed by atoms with Crippen molar-refractivity contribution in [2.45, 2.75) is 32.1 Å². The van der Waals surface area contributed by atoms with Crippen molar-refractivity contribution < 1.29 is 19.8 Å². The highest BCUT2D eigenvalue weighted by Gasteiger charge is 2.31. The molecule has 0 unspecified atom stereocenters. The first kappa shape index (κ1) is 19.5. The van der Waals surface area contributed by atoms with Gasteiger partial charge in [-0.3, -0.25) is 9.59 Å². The van der Waals surface area contributed by atoms with Crippen LogP contribution in [0.15, 0.2) is 24.3 Å². The summed E-state index contributed by atoms with van der Waals surface area (Å²) in [4.78, 5) is 23.6. The molecule has 0 fully saturated rings. The Labute approximate surface area is 150 Å². The normalized spacial score (nSPS) is 13.2. The average Bonchev–Trinajstić information content (AvgIpc) is 3.17. The Morgan fingerprint density at radius 2 is 2.00 bits per heavy atom. The Morgan fingerprint density at radius 1 is 1.27 bits per heavy atom. The molecule has 0 spiro atoms. The number of H-pyrrole nitrogens is 1. The third-order valence-electron chi connectivity index (χ3n) is 4.17. The van der Waals surface area contributed by atoms with E-state index in [1.54, 1.807) is 24.3 Å². The number of aromatic amines is 1. The van der Waals surface area contributed by atoms with Crippen molar-refractivity contribution in [3.8, 4) is 0 Å². The van der Waals surface area contributed by atoms with Gasteiger partial charge in [0.1, 0.15) is 0 Å². The van der Waals surface area contributed by atoms with Crippen molar-refractivity contribution in [1.29, 1.82) is 0 Å². The van der Waals surface area contributed by atoms with Crippen LogP contribution in [0.1, 0.15) is 47.4 Å². The zero-order valence-electron chi connectivity index (χ0n) is 14.6. The molecule has 2 aromatic rings. The molecule has 0 bridgehead atoms. The van der Waals surface area contributed by atoms with Gasteiger partial charge >= 0.3 is 5.97 Å². The number of benzene rings is 1. The van der Waals surface area contributed by atoms with Crippen LogP contribution in [-0.4, -0.2) is 55.9 Å². The number of nitrogens with zero attached hydrogens (tertiary/aromatic N) is 3. The van der Waals surface area contributed by atoms with Crippen molar-refractivity contribution in [3.05, 3.63) is 41.2 Å². The molecule has 0 aliphatic rings. The van der Waals surface area contributed by atoms with Gasteiger partial charge in [0.05, 0.1) is 12.5 Å². The number of hydrogen-bond acceptors (Lipinski definition) is 6. The molecule has 0 saturated carbocycles. The molecule has 140 valence electrons. The number of hydrogen-bond donors (Lipinski definition) is 4. The molecule has 9 heteroatoms. The number of aliphatic carboxylic acids is 1. The summed E-state index contributed by atoms with van der Waals surface area (Å²) in [5, 5.41) is 34.8. The molecule has 4 N–H and O–H groups in total. The number of carbonyl (C=O) groups is 2. The minimum Gasteiger partial charge on any atom is -0.481 e. The maximum Gasteiger partial charge on any atom is 0.307 e. The fourth-order valence-corrected chi connectivity index (χ4v) is 2.87. The highest BCUT2D eigenvalue weighted by Crippen LogP contribution is 2.29. The Hall–Kier alpha value is -2.81. The molecule has 0 saturated heterocycles. The third kappa shape index (κ3) is 5.09. The lowest BCUT2D eigenvalue weighted by atomic mass is 9.83. The van der Waals surface area contributed by atoms with E-state index >= 15 is 0 Å². The van der Waals surface area contributed by atoms with E-state index < -0.39 is 17.8 Å². The predicted molar refractivity (Wildman–Crippen MR) is 92.5 cm³/mol. The van der Waals surface area contributed by atoms with Gasteiger partial charge in [-0.2, -0.15) is 5.21 Å². The van der Waals surface area contributed by atoms with E-state index in [0.717, 1.165) is 12.0 Å². The molecule has 0 aliphatic carbocycles. The Balaban J connectivity index is 2.17. The second kappa shape index (κ2) is 9.62. The fraction of sp³-hybridized carbons (Fsp3) is 0.471. The van der Waals surface area contributed by atoms with E-state index in [2.05, 4.69) is 25.9 Å². The monoisotopic (exact) mass is 361 g/mol. The van der Waals surface area contributed by atoms with E-state index in [4.69, 9.17) is 5.11 Å². The van der Waals surface area contributed by atoms with Crippen molar-refractivity contribution >= 4 is 11.9 Å². The van der Waals surface area contributed by atoms with E-state index in [0.29, 0.717) is 24.2 Å². The number of aliphatic hydroxyl groups is 1. The minimum atomic E-state index is -0.887. The van der Waals surface area contributed by atoms with Crippen molar-refractivity contribution in [3.63, 3.8) is 0 Å². The Morgan fingerprint density at radius 3 is 2.54 bits per heavy atom. The van der Waals surface area contributed by atoms with Crippen LogP contribution >= 0.6 is 0 Å². The summed E-state index contributed by atoms with van der Waals surface area (Å²) in [5.74, 6) is -1.82. The van der Waals surface area contributed by atoms with Gasteiger partial charge in [-0.25, -0.2) is 0 Å². The van der Waals surface area contributed by atoms with E-state index in [-0.39, 0.29) is 19.1 Å². The number of rotatable bonds is 10. The van der Waals surface area contributed by atoms with Gasteiger partial charge in [-0.15, -0.1) is 10.2 Å². The lowest BCUT2D eigenvalue weighted by Crippen LogP contribution is -2.26. The van der Waals surface area contributed by atoms with Gasteiger partial charge in [-0.1, -0.05) is 30.7 Å². The molecule has 1 heterocycles. The highest BCUT2D eigenvalue weighted by atomic mass is 16.4. The van der Waals surface area contributed by atoms with Crippen LogP contribution in [-0.2, 0) is 11.2 Å². The van der Waals surface area contributed by atoms with Crippen LogP contribution in [0.5, 0.6) is 0 Å². The lowest BCUT2D eigenvalue weighted by molar-refractivity contribution is -0.143. The smallest absolute Gasteiger partial charge is 0.307 e. The maximum atomic E-state index is 11.9. The molecule has 0 aliphatic heterocycles. The van der Waals surface area contributed by atoms with Crippen LogP contribution in [0.4, 0.5) is 0 Å². The molecule has 2 atom stereocenters. The first-order valence-corrected chi connectivity index (χ1v) is 8.51. The van der Waals surface area contributed by atoms with Crippen LogP contribution in [0.3, 0.4) is 0 Å². The first-order chi connectivity index (χ1) is 12.6. The minimum absolute atomic E-state index is 0.121. The molecular formula is C17H23N5O4. The molecular weight excluding hydrogens is 338 g/mol. The number of aromatic nitrogens is 4. The van der Waals surface area contributed by atoms with Gasteiger partial charge in [0.2, 0.25) is 0 Å². The summed E-state index contributed by atoms with van der Waals surface area (Å²) in [5.41, 5.74) is 1.35. The summed E-state index contributed by atoms with van der Waals surface area (Å²) in [6.07, 6.45) is 1.67.